The van der Waals surface area contributed by atoms with Crippen LogP contribution in [-0.2, 0) is 6.54 Å². The predicted octanol–water partition coefficient (Wildman–Crippen LogP) is 1.03. The van der Waals surface area contributed by atoms with Crippen LogP contribution in [0.1, 0.15) is 12.8 Å². The van der Waals surface area contributed by atoms with Gasteiger partial charge < -0.3 is 9.47 Å². The van der Waals surface area contributed by atoms with E-state index in [1.54, 1.807) is 0 Å². The van der Waals surface area contributed by atoms with Gasteiger partial charge in [-0.15, -0.1) is 0 Å². The lowest BCUT2D eigenvalue weighted by molar-refractivity contribution is 0.387. The summed E-state index contributed by atoms with van der Waals surface area (Å²) in [5.74, 6) is 0. The van der Waals surface area contributed by atoms with E-state index in [1.807, 2.05) is 12.5 Å². The van der Waals surface area contributed by atoms with Gasteiger partial charge in [0.15, 0.2) is 0 Å². The zero-order valence-corrected chi connectivity index (χ0v) is 7.82. The molecule has 0 spiro atoms. The first-order valence-electron chi connectivity index (χ1n) is 4.31. The van der Waals surface area contributed by atoms with Gasteiger partial charge in [0.2, 0.25) is 0 Å². The fourth-order valence-electron chi connectivity index (χ4n) is 1.09. The molecule has 0 aromatic carbocycles. The van der Waals surface area contributed by atoms with Crippen LogP contribution in [0, 0.1) is 6.20 Å². The third kappa shape index (κ3) is 3.53. The van der Waals surface area contributed by atoms with Gasteiger partial charge in [-0.2, -0.15) is 0 Å². The van der Waals surface area contributed by atoms with Gasteiger partial charge in [0, 0.05) is 12.7 Å². The Bertz CT molecular complexity index is 192. The maximum Gasteiger partial charge on any atom is 0.108 e. The Morgan fingerprint density at radius 2 is 2.25 bits per heavy atom. The molecule has 0 fully saturated rings. The molecule has 0 bridgehead atoms. The minimum Gasteiger partial charge on any atom is -0.337 e. The lowest BCUT2D eigenvalue weighted by Gasteiger charge is -2.08. The Balaban J connectivity index is 2.04. The molecule has 0 saturated heterocycles. The SMILES string of the molecule is CN(C)CCCCn1c[c]nc1. The fraction of sp³-hybridized carbons (Fsp3) is 0.667. The van der Waals surface area contributed by atoms with Gasteiger partial charge >= 0.3 is 0 Å². The van der Waals surface area contributed by atoms with Crippen LogP contribution in [0.5, 0.6) is 0 Å². The second-order valence-corrected chi connectivity index (χ2v) is 3.25. The van der Waals surface area contributed by atoms with Crippen molar-refractivity contribution in [1.82, 2.24) is 14.5 Å². The molecule has 1 rings (SSSR count). The second kappa shape index (κ2) is 4.93. The minimum atomic E-state index is 1.06. The first kappa shape index (κ1) is 9.26. The summed E-state index contributed by atoms with van der Waals surface area (Å²) in [5, 5.41) is 0. The van der Waals surface area contributed by atoms with Gasteiger partial charge in [-0.05, 0) is 33.5 Å². The maximum absolute atomic E-state index is 3.86. The molecule has 0 amide bonds. The zero-order chi connectivity index (χ0) is 8.81. The highest BCUT2D eigenvalue weighted by Gasteiger charge is 1.92. The summed E-state index contributed by atoms with van der Waals surface area (Å²) >= 11 is 0. The molecule has 0 aliphatic rings. The average molecular weight is 166 g/mol. The number of nitrogens with zero attached hydrogens (tertiary/aromatic N) is 3. The van der Waals surface area contributed by atoms with Crippen LogP contribution in [0.2, 0.25) is 0 Å². The van der Waals surface area contributed by atoms with E-state index < -0.39 is 0 Å². The Hall–Kier alpha value is -0.830. The lowest BCUT2D eigenvalue weighted by Crippen LogP contribution is -2.13. The molecule has 67 valence electrons. The fourth-order valence-corrected chi connectivity index (χ4v) is 1.09. The van der Waals surface area contributed by atoms with E-state index in [-0.39, 0.29) is 0 Å². The molecule has 1 heterocycles. The van der Waals surface area contributed by atoms with Gasteiger partial charge in [-0.1, -0.05) is 0 Å². The second-order valence-electron chi connectivity index (χ2n) is 3.25. The molecule has 3 heteroatoms. The van der Waals surface area contributed by atoms with Crippen LogP contribution >= 0.6 is 0 Å². The highest BCUT2D eigenvalue weighted by atomic mass is 15.0. The Kier molecular flexibility index (Phi) is 3.80. The van der Waals surface area contributed by atoms with E-state index in [1.165, 1.54) is 19.4 Å². The molecule has 1 aromatic rings. The first-order chi connectivity index (χ1) is 5.79. The van der Waals surface area contributed by atoms with Crippen molar-refractivity contribution in [2.75, 3.05) is 20.6 Å². The van der Waals surface area contributed by atoms with Crippen LogP contribution in [0.4, 0.5) is 0 Å². The topological polar surface area (TPSA) is 21.1 Å². The molecule has 0 saturated carbocycles. The molecular formula is C9H16N3. The summed E-state index contributed by atoms with van der Waals surface area (Å²) in [6.45, 7) is 2.22. The van der Waals surface area contributed by atoms with E-state index in [9.17, 15) is 0 Å². The van der Waals surface area contributed by atoms with Crippen molar-refractivity contribution in [2.45, 2.75) is 19.4 Å². The predicted molar refractivity (Wildman–Crippen MR) is 48.9 cm³/mol. The van der Waals surface area contributed by atoms with Gasteiger partial charge in [0.05, 0.1) is 6.33 Å². The Labute approximate surface area is 74.0 Å². The molecule has 1 radical (unpaired) electrons. The van der Waals surface area contributed by atoms with Crippen molar-refractivity contribution in [3.05, 3.63) is 18.7 Å². The zero-order valence-electron chi connectivity index (χ0n) is 7.82. The largest absolute Gasteiger partial charge is 0.337 e. The molecule has 3 nitrogen and oxygen atoms in total. The smallest absolute Gasteiger partial charge is 0.108 e. The van der Waals surface area contributed by atoms with Gasteiger partial charge in [-0.3, -0.25) is 0 Å². The highest BCUT2D eigenvalue weighted by Crippen LogP contribution is 1.95. The lowest BCUT2D eigenvalue weighted by atomic mass is 10.3. The van der Waals surface area contributed by atoms with E-state index in [4.69, 9.17) is 0 Å². The number of imidazole rings is 1. The summed E-state index contributed by atoms with van der Waals surface area (Å²) in [4.78, 5) is 6.07. The molecule has 0 aliphatic heterocycles. The molecule has 12 heavy (non-hydrogen) atoms. The van der Waals surface area contributed by atoms with Gasteiger partial charge in [0.25, 0.3) is 0 Å². The highest BCUT2D eigenvalue weighted by molar-refractivity contribution is 4.71. The van der Waals surface area contributed by atoms with Crippen molar-refractivity contribution in [3.63, 3.8) is 0 Å². The van der Waals surface area contributed by atoms with Gasteiger partial charge in [-0.25, -0.2) is 4.98 Å². The summed E-state index contributed by atoms with van der Waals surface area (Å²) < 4.78 is 2.07. The van der Waals surface area contributed by atoms with Crippen LogP contribution in [0.15, 0.2) is 12.5 Å². The van der Waals surface area contributed by atoms with Crippen molar-refractivity contribution in [3.8, 4) is 0 Å². The molecular weight excluding hydrogens is 150 g/mol. The van der Waals surface area contributed by atoms with Gasteiger partial charge in [0.1, 0.15) is 6.20 Å². The average Bonchev–Trinajstić information content (AvgIpc) is 2.49. The van der Waals surface area contributed by atoms with Crippen molar-refractivity contribution >= 4 is 0 Å². The first-order valence-corrected chi connectivity index (χ1v) is 4.31. The number of unbranched alkanes of at least 4 members (excludes halogenated alkanes) is 1. The summed E-state index contributed by atoms with van der Waals surface area (Å²) in [6, 6.07) is 0. The number of aromatic nitrogens is 2. The van der Waals surface area contributed by atoms with E-state index >= 15 is 0 Å². The van der Waals surface area contributed by atoms with E-state index in [2.05, 4.69) is 34.7 Å². The molecule has 1 aromatic heterocycles. The summed E-state index contributed by atoms with van der Waals surface area (Å²) in [6.07, 6.45) is 8.93. The number of aryl methyl sites for hydroxylation is 1. The Morgan fingerprint density at radius 3 is 2.83 bits per heavy atom. The monoisotopic (exact) mass is 166 g/mol. The minimum absolute atomic E-state index is 1.06. The number of rotatable bonds is 5. The summed E-state index contributed by atoms with van der Waals surface area (Å²) in [5.41, 5.74) is 0. The molecule has 0 aliphatic carbocycles. The molecule has 0 atom stereocenters. The maximum atomic E-state index is 3.86. The summed E-state index contributed by atoms with van der Waals surface area (Å²) in [7, 11) is 4.20. The normalized spacial score (nSPS) is 10.9. The molecule has 0 N–H and O–H groups in total. The van der Waals surface area contributed by atoms with Crippen molar-refractivity contribution in [2.24, 2.45) is 0 Å². The van der Waals surface area contributed by atoms with Crippen LogP contribution in [0.25, 0.3) is 0 Å². The van der Waals surface area contributed by atoms with Crippen LogP contribution < -0.4 is 0 Å². The van der Waals surface area contributed by atoms with Crippen LogP contribution in [-0.4, -0.2) is 35.1 Å². The van der Waals surface area contributed by atoms with E-state index in [0.717, 1.165) is 6.54 Å². The molecule has 0 unspecified atom stereocenters. The van der Waals surface area contributed by atoms with E-state index in [0.29, 0.717) is 0 Å². The quantitative estimate of drug-likeness (QED) is 0.609. The number of hydrogen-bond donors (Lipinski definition) is 0. The third-order valence-electron chi connectivity index (χ3n) is 1.78. The standard InChI is InChI=1S/C9H16N3/c1-11(2)6-3-4-7-12-8-5-10-9-12/h8-9H,3-4,6-7H2,1-2H3. The number of hydrogen-bond acceptors (Lipinski definition) is 2. The third-order valence-corrected chi connectivity index (χ3v) is 1.78. The van der Waals surface area contributed by atoms with Crippen LogP contribution in [0.3, 0.4) is 0 Å². The van der Waals surface area contributed by atoms with Crippen molar-refractivity contribution < 1.29 is 0 Å². The Morgan fingerprint density at radius 1 is 1.42 bits per heavy atom. The van der Waals surface area contributed by atoms with Crippen molar-refractivity contribution in [1.29, 1.82) is 0 Å².